The van der Waals surface area contributed by atoms with E-state index >= 15 is 0 Å². The van der Waals surface area contributed by atoms with E-state index in [-0.39, 0.29) is 6.10 Å². The minimum Gasteiger partial charge on any atom is -0.489 e. The van der Waals surface area contributed by atoms with Crippen molar-refractivity contribution in [1.29, 1.82) is 0 Å². The van der Waals surface area contributed by atoms with Crippen LogP contribution < -0.4 is 15.8 Å². The number of nitrogens with zero attached hydrogens (tertiary/aromatic N) is 2. The summed E-state index contributed by atoms with van der Waals surface area (Å²) in [5, 5.41) is 3.26. The van der Waals surface area contributed by atoms with E-state index in [0.29, 0.717) is 22.8 Å². The number of hydrogen-bond acceptors (Lipinski definition) is 4. The Bertz CT molecular complexity index is 1010. The van der Waals surface area contributed by atoms with Gasteiger partial charge in [0.05, 0.1) is 23.2 Å². The number of carbonyl (C=O) groups excluding carboxylic acids is 1. The molecular formula is C25H34N4O2. The number of primary amides is 1. The Labute approximate surface area is 185 Å². The number of anilines is 1. The maximum absolute atomic E-state index is 11.6. The molecular weight excluding hydrogens is 388 g/mol. The minimum atomic E-state index is -0.490. The largest absolute Gasteiger partial charge is 0.489 e. The van der Waals surface area contributed by atoms with Crippen LogP contribution >= 0.6 is 0 Å². The molecule has 3 rings (SSSR count). The van der Waals surface area contributed by atoms with Gasteiger partial charge in [0.25, 0.3) is 0 Å². The molecule has 2 aromatic rings. The van der Waals surface area contributed by atoms with E-state index in [2.05, 4.69) is 36.3 Å². The Morgan fingerprint density at radius 3 is 2.52 bits per heavy atom. The number of nitrogens with two attached hydrogens (primary N) is 1. The summed E-state index contributed by atoms with van der Waals surface area (Å²) in [6.45, 7) is 14.1. The van der Waals surface area contributed by atoms with Crippen molar-refractivity contribution in [2.75, 3.05) is 5.32 Å². The van der Waals surface area contributed by atoms with Crippen LogP contribution in [0.3, 0.4) is 0 Å². The van der Waals surface area contributed by atoms with E-state index in [1.807, 2.05) is 34.6 Å². The number of rotatable bonds is 5. The number of amides is 1. The predicted molar refractivity (Wildman–Crippen MR) is 131 cm³/mol. The lowest BCUT2D eigenvalue weighted by atomic mass is 10.1. The van der Waals surface area contributed by atoms with Gasteiger partial charge in [0.15, 0.2) is 0 Å². The third kappa shape index (κ3) is 6.41. The highest BCUT2D eigenvalue weighted by Gasteiger charge is 2.17. The summed E-state index contributed by atoms with van der Waals surface area (Å²) in [7, 11) is 0. The van der Waals surface area contributed by atoms with Gasteiger partial charge in [0, 0.05) is 17.7 Å². The Balaban J connectivity index is 0.00000107. The second-order valence-corrected chi connectivity index (χ2v) is 8.03. The smallest absolute Gasteiger partial charge is 0.248 e. The van der Waals surface area contributed by atoms with Gasteiger partial charge in [-0.3, -0.25) is 9.79 Å². The third-order valence-corrected chi connectivity index (χ3v) is 4.41. The van der Waals surface area contributed by atoms with Gasteiger partial charge in [0.1, 0.15) is 11.6 Å². The van der Waals surface area contributed by atoms with Crippen molar-refractivity contribution >= 4 is 34.5 Å². The van der Waals surface area contributed by atoms with Gasteiger partial charge < -0.3 is 15.8 Å². The molecule has 0 atom stereocenters. The number of fused-ring (bicyclic) bond motifs is 1. The standard InChI is InChI=1S/C22H26N4O2.C3H8/c1-12(2)28-19-9-8-17(22(23)27)11-18(19)25-15(5)26-20-13(3)6-7-16-10-14(4)24-21(16)20;1-3-2/h6-9,11-12H,10H2,1-5H3,(H2,23,27)(H,25,26);3H2,1-2H3. The fraction of sp³-hybridized carbons (Fsp3) is 0.400. The molecule has 0 saturated heterocycles. The number of aryl methyl sites for hydroxylation is 1. The van der Waals surface area contributed by atoms with E-state index < -0.39 is 5.91 Å². The number of amidine groups is 1. The van der Waals surface area contributed by atoms with Crippen molar-refractivity contribution < 1.29 is 9.53 Å². The number of carbonyl (C=O) groups is 1. The van der Waals surface area contributed by atoms with Crippen LogP contribution in [0.5, 0.6) is 5.75 Å². The van der Waals surface area contributed by atoms with Gasteiger partial charge in [-0.05, 0) is 63.9 Å². The van der Waals surface area contributed by atoms with Crippen LogP contribution in [0.2, 0.25) is 0 Å². The molecule has 0 saturated carbocycles. The van der Waals surface area contributed by atoms with Crippen LogP contribution in [0.25, 0.3) is 0 Å². The maximum atomic E-state index is 11.6. The summed E-state index contributed by atoms with van der Waals surface area (Å²) >= 11 is 0. The van der Waals surface area contributed by atoms with Crippen molar-refractivity contribution in [3.63, 3.8) is 0 Å². The SMILES string of the molecule is CC1=Nc2c(ccc(C)c2N=C(C)Nc2cc(C(N)=O)ccc2OC(C)C)C1.CCC. The van der Waals surface area contributed by atoms with Gasteiger partial charge >= 0.3 is 0 Å². The average molecular weight is 423 g/mol. The van der Waals surface area contributed by atoms with Gasteiger partial charge in [-0.1, -0.05) is 32.4 Å². The molecule has 6 nitrogen and oxygen atoms in total. The maximum Gasteiger partial charge on any atom is 0.248 e. The monoisotopic (exact) mass is 422 g/mol. The third-order valence-electron chi connectivity index (χ3n) is 4.41. The van der Waals surface area contributed by atoms with Gasteiger partial charge in [0.2, 0.25) is 5.91 Å². The molecule has 0 unspecified atom stereocenters. The normalized spacial score (nSPS) is 12.6. The molecule has 0 fully saturated rings. The summed E-state index contributed by atoms with van der Waals surface area (Å²) in [5.41, 5.74) is 11.6. The predicted octanol–water partition coefficient (Wildman–Crippen LogP) is 6.11. The van der Waals surface area contributed by atoms with Crippen molar-refractivity contribution in [2.24, 2.45) is 15.7 Å². The van der Waals surface area contributed by atoms with Crippen LogP contribution in [0.15, 0.2) is 40.3 Å². The molecule has 0 bridgehead atoms. The highest BCUT2D eigenvalue weighted by atomic mass is 16.5. The molecule has 0 aromatic heterocycles. The number of hydrogen-bond donors (Lipinski definition) is 2. The Morgan fingerprint density at radius 2 is 1.90 bits per heavy atom. The average Bonchev–Trinajstić information content (AvgIpc) is 3.06. The molecule has 166 valence electrons. The highest BCUT2D eigenvalue weighted by Crippen LogP contribution is 2.39. The Hall–Kier alpha value is -3.15. The first-order valence-corrected chi connectivity index (χ1v) is 10.8. The number of benzene rings is 2. The zero-order valence-electron chi connectivity index (χ0n) is 19.7. The molecule has 1 amide bonds. The number of aliphatic imine (C=N–C) groups is 2. The van der Waals surface area contributed by atoms with E-state index in [0.717, 1.165) is 29.1 Å². The minimum absolute atomic E-state index is 0.00540. The fourth-order valence-corrected chi connectivity index (χ4v) is 3.17. The molecule has 0 spiro atoms. The van der Waals surface area contributed by atoms with Gasteiger partial charge in [-0.15, -0.1) is 0 Å². The summed E-state index contributed by atoms with van der Waals surface area (Å²) in [4.78, 5) is 21.0. The fourth-order valence-electron chi connectivity index (χ4n) is 3.17. The van der Waals surface area contributed by atoms with Crippen LogP contribution in [0.4, 0.5) is 17.1 Å². The molecule has 1 aliphatic heterocycles. The van der Waals surface area contributed by atoms with E-state index in [9.17, 15) is 4.79 Å². The number of ether oxygens (including phenoxy) is 1. The van der Waals surface area contributed by atoms with Crippen LogP contribution in [-0.4, -0.2) is 23.6 Å². The molecule has 1 aliphatic rings. The lowest BCUT2D eigenvalue weighted by molar-refractivity contribution is 0.100. The Morgan fingerprint density at radius 1 is 1.23 bits per heavy atom. The first-order valence-electron chi connectivity index (χ1n) is 10.8. The summed E-state index contributed by atoms with van der Waals surface area (Å²) in [6.07, 6.45) is 2.10. The zero-order valence-corrected chi connectivity index (χ0v) is 19.7. The van der Waals surface area contributed by atoms with Crippen LogP contribution in [0.1, 0.15) is 69.4 Å². The summed E-state index contributed by atoms with van der Waals surface area (Å²) in [5.74, 6) is 0.820. The molecule has 2 aromatic carbocycles. The zero-order chi connectivity index (χ0) is 23.1. The van der Waals surface area contributed by atoms with E-state index in [1.54, 1.807) is 18.2 Å². The van der Waals surface area contributed by atoms with Gasteiger partial charge in [-0.25, -0.2) is 4.99 Å². The second kappa shape index (κ2) is 10.8. The molecule has 6 heteroatoms. The van der Waals surface area contributed by atoms with Crippen LogP contribution in [0, 0.1) is 6.92 Å². The summed E-state index contributed by atoms with van der Waals surface area (Å²) in [6, 6.07) is 9.26. The second-order valence-electron chi connectivity index (χ2n) is 8.03. The van der Waals surface area contributed by atoms with Crippen molar-refractivity contribution in [2.45, 2.75) is 67.4 Å². The first kappa shape index (κ1) is 24.1. The molecule has 1 heterocycles. The molecule has 0 radical (unpaired) electrons. The quantitative estimate of drug-likeness (QED) is 0.450. The molecule has 31 heavy (non-hydrogen) atoms. The van der Waals surface area contributed by atoms with E-state index in [4.69, 9.17) is 15.5 Å². The van der Waals surface area contributed by atoms with Crippen molar-refractivity contribution in [3.05, 3.63) is 47.0 Å². The van der Waals surface area contributed by atoms with Crippen LogP contribution in [-0.2, 0) is 6.42 Å². The molecule has 3 N–H and O–H groups in total. The van der Waals surface area contributed by atoms with Crippen molar-refractivity contribution in [3.8, 4) is 5.75 Å². The van der Waals surface area contributed by atoms with Crippen molar-refractivity contribution in [1.82, 2.24) is 0 Å². The van der Waals surface area contributed by atoms with Gasteiger partial charge in [-0.2, -0.15) is 0 Å². The lowest BCUT2D eigenvalue weighted by Crippen LogP contribution is -2.15. The number of nitrogens with one attached hydrogen (secondary N) is 1. The summed E-state index contributed by atoms with van der Waals surface area (Å²) < 4.78 is 5.85. The lowest BCUT2D eigenvalue weighted by Gasteiger charge is -2.16. The first-order chi connectivity index (χ1) is 14.7. The van der Waals surface area contributed by atoms with E-state index in [1.165, 1.54) is 12.0 Å². The Kier molecular flexibility index (Phi) is 8.37. The highest BCUT2D eigenvalue weighted by molar-refractivity contribution is 6.01. The molecule has 0 aliphatic carbocycles. The topological polar surface area (TPSA) is 89.1 Å².